The summed E-state index contributed by atoms with van der Waals surface area (Å²) in [6.07, 6.45) is 2.44. The first kappa shape index (κ1) is 19.7. The molecule has 2 heterocycles. The lowest BCUT2D eigenvalue weighted by atomic mass is 10.2. The molecule has 1 aliphatic rings. The lowest BCUT2D eigenvalue weighted by Gasteiger charge is -2.20. The van der Waals surface area contributed by atoms with Crippen molar-refractivity contribution in [2.75, 3.05) is 32.9 Å². The van der Waals surface area contributed by atoms with Gasteiger partial charge in [0.2, 0.25) is 0 Å². The van der Waals surface area contributed by atoms with E-state index >= 15 is 0 Å². The maximum absolute atomic E-state index is 12.8. The molecule has 8 heteroatoms. The molecule has 0 bridgehead atoms. The van der Waals surface area contributed by atoms with E-state index in [2.05, 4.69) is 9.88 Å². The minimum Gasteiger partial charge on any atom is -0.485 e. The highest BCUT2D eigenvalue weighted by molar-refractivity contribution is 6.35. The number of carbonyl (C=O) groups is 1. The van der Waals surface area contributed by atoms with Gasteiger partial charge in [-0.3, -0.25) is 4.79 Å². The number of hydrogen-bond donors (Lipinski definition) is 1. The van der Waals surface area contributed by atoms with Gasteiger partial charge in [0.25, 0.3) is 5.91 Å². The molecule has 1 saturated heterocycles. The number of anilines is 1. The number of halogens is 2. The molecule has 0 saturated carbocycles. The predicted octanol–water partition coefficient (Wildman–Crippen LogP) is 3.33. The van der Waals surface area contributed by atoms with Crippen molar-refractivity contribution < 1.29 is 9.53 Å². The van der Waals surface area contributed by atoms with Crippen LogP contribution in [0.25, 0.3) is 0 Å². The van der Waals surface area contributed by atoms with Crippen molar-refractivity contribution in [1.82, 2.24) is 14.8 Å². The molecular formula is C19H22Cl2N4O2. The number of nitrogen functional groups attached to an aromatic ring is 1. The first-order valence-corrected chi connectivity index (χ1v) is 9.39. The maximum atomic E-state index is 12.8. The molecule has 27 heavy (non-hydrogen) atoms. The summed E-state index contributed by atoms with van der Waals surface area (Å²) in [6.45, 7) is 1.55. The van der Waals surface area contributed by atoms with Crippen molar-refractivity contribution in [3.8, 4) is 5.75 Å². The van der Waals surface area contributed by atoms with Gasteiger partial charge in [0.05, 0.1) is 5.56 Å². The van der Waals surface area contributed by atoms with E-state index in [1.54, 1.807) is 24.3 Å². The molecule has 2 aromatic rings. The van der Waals surface area contributed by atoms with Gasteiger partial charge < -0.3 is 20.3 Å². The second-order valence-electron chi connectivity index (χ2n) is 6.75. The second-order valence-corrected chi connectivity index (χ2v) is 7.57. The molecule has 1 amide bonds. The highest BCUT2D eigenvalue weighted by atomic mass is 35.5. The van der Waals surface area contributed by atoms with E-state index in [1.807, 2.05) is 19.0 Å². The Morgan fingerprint density at radius 1 is 1.37 bits per heavy atom. The summed E-state index contributed by atoms with van der Waals surface area (Å²) < 4.78 is 5.76. The van der Waals surface area contributed by atoms with Crippen LogP contribution in [0.3, 0.4) is 0 Å². The molecule has 1 atom stereocenters. The fraction of sp³-hybridized carbons (Fsp3) is 0.368. The average molecular weight is 409 g/mol. The Labute approximate surface area is 168 Å². The van der Waals surface area contributed by atoms with Gasteiger partial charge in [-0.1, -0.05) is 29.3 Å². The van der Waals surface area contributed by atoms with Crippen LogP contribution in [-0.2, 0) is 6.61 Å². The van der Waals surface area contributed by atoms with Crippen molar-refractivity contribution in [1.29, 1.82) is 0 Å². The number of aromatic nitrogens is 1. The molecule has 6 nitrogen and oxygen atoms in total. The van der Waals surface area contributed by atoms with Crippen LogP contribution in [-0.4, -0.2) is 53.9 Å². The van der Waals surface area contributed by atoms with Gasteiger partial charge in [0.15, 0.2) is 11.6 Å². The lowest BCUT2D eigenvalue weighted by molar-refractivity contribution is 0.0782. The van der Waals surface area contributed by atoms with Gasteiger partial charge in [-0.25, -0.2) is 4.98 Å². The van der Waals surface area contributed by atoms with E-state index < -0.39 is 0 Å². The zero-order valence-electron chi connectivity index (χ0n) is 15.3. The second kappa shape index (κ2) is 8.33. The summed E-state index contributed by atoms with van der Waals surface area (Å²) in [5.41, 5.74) is 7.02. The Morgan fingerprint density at radius 3 is 2.70 bits per heavy atom. The quantitative estimate of drug-likeness (QED) is 0.821. The van der Waals surface area contributed by atoms with E-state index in [0.29, 0.717) is 39.5 Å². The molecule has 1 fully saturated rings. The molecule has 3 rings (SSSR count). The Hall–Kier alpha value is -2.02. The predicted molar refractivity (Wildman–Crippen MR) is 107 cm³/mol. The molecule has 0 spiro atoms. The number of carbonyl (C=O) groups excluding carboxylic acids is 1. The van der Waals surface area contributed by atoms with Crippen molar-refractivity contribution in [3.05, 3.63) is 51.6 Å². The molecule has 0 radical (unpaired) electrons. The molecule has 0 aliphatic carbocycles. The SMILES string of the molecule is CN(C)C1CCN(C(=O)c2cnc(N)c(OCc3c(Cl)cccc3Cl)c2)C1. The zero-order valence-corrected chi connectivity index (χ0v) is 16.8. The summed E-state index contributed by atoms with van der Waals surface area (Å²) >= 11 is 12.3. The molecule has 1 aromatic heterocycles. The topological polar surface area (TPSA) is 71.7 Å². The van der Waals surface area contributed by atoms with Gasteiger partial charge in [-0.2, -0.15) is 0 Å². The summed E-state index contributed by atoms with van der Waals surface area (Å²) in [7, 11) is 4.05. The van der Waals surface area contributed by atoms with Gasteiger partial charge in [-0.05, 0) is 38.7 Å². The lowest BCUT2D eigenvalue weighted by Crippen LogP contribution is -2.34. The van der Waals surface area contributed by atoms with Crippen molar-refractivity contribution >= 4 is 34.9 Å². The summed E-state index contributed by atoms with van der Waals surface area (Å²) in [5, 5.41) is 1.01. The molecular weight excluding hydrogens is 387 g/mol. The Kier molecular flexibility index (Phi) is 6.09. The van der Waals surface area contributed by atoms with Crippen LogP contribution in [0.2, 0.25) is 10.0 Å². The van der Waals surface area contributed by atoms with Crippen LogP contribution in [0.15, 0.2) is 30.5 Å². The summed E-state index contributed by atoms with van der Waals surface area (Å²) in [5.74, 6) is 0.468. The average Bonchev–Trinajstić information content (AvgIpc) is 3.12. The Morgan fingerprint density at radius 2 is 2.07 bits per heavy atom. The van der Waals surface area contributed by atoms with E-state index in [9.17, 15) is 4.79 Å². The minimum atomic E-state index is -0.0764. The number of likely N-dealkylation sites (N-methyl/N-ethyl adjacent to an activating group) is 1. The number of hydrogen-bond acceptors (Lipinski definition) is 5. The molecule has 1 unspecified atom stereocenters. The Bertz CT molecular complexity index is 824. The third-order valence-corrected chi connectivity index (χ3v) is 5.45. The van der Waals surface area contributed by atoms with E-state index in [4.69, 9.17) is 33.7 Å². The van der Waals surface area contributed by atoms with Gasteiger partial charge >= 0.3 is 0 Å². The number of nitrogens with two attached hydrogens (primary N) is 1. The van der Waals surface area contributed by atoms with E-state index in [1.165, 1.54) is 6.20 Å². The fourth-order valence-electron chi connectivity index (χ4n) is 3.04. The number of nitrogens with zero attached hydrogens (tertiary/aromatic N) is 3. The normalized spacial score (nSPS) is 16.8. The van der Waals surface area contributed by atoms with Crippen LogP contribution >= 0.6 is 23.2 Å². The van der Waals surface area contributed by atoms with E-state index in [-0.39, 0.29) is 18.3 Å². The third-order valence-electron chi connectivity index (χ3n) is 4.74. The van der Waals surface area contributed by atoms with E-state index in [0.717, 1.165) is 13.0 Å². The maximum Gasteiger partial charge on any atom is 0.255 e. The number of ether oxygens (including phenoxy) is 1. The van der Waals surface area contributed by atoms with Crippen LogP contribution in [0.4, 0.5) is 5.82 Å². The van der Waals surface area contributed by atoms with Crippen LogP contribution in [0.1, 0.15) is 22.3 Å². The van der Waals surface area contributed by atoms with Crippen LogP contribution < -0.4 is 10.5 Å². The number of pyridine rings is 1. The number of rotatable bonds is 5. The minimum absolute atomic E-state index is 0.0764. The molecule has 1 aromatic carbocycles. The van der Waals surface area contributed by atoms with Crippen molar-refractivity contribution in [3.63, 3.8) is 0 Å². The highest BCUT2D eigenvalue weighted by Crippen LogP contribution is 2.28. The first-order chi connectivity index (χ1) is 12.9. The molecule has 144 valence electrons. The molecule has 2 N–H and O–H groups in total. The van der Waals surface area contributed by atoms with Gasteiger partial charge in [-0.15, -0.1) is 0 Å². The first-order valence-electron chi connectivity index (χ1n) is 8.63. The number of likely N-dealkylation sites (tertiary alicyclic amines) is 1. The van der Waals surface area contributed by atoms with Crippen molar-refractivity contribution in [2.45, 2.75) is 19.1 Å². The largest absolute Gasteiger partial charge is 0.485 e. The monoisotopic (exact) mass is 408 g/mol. The fourth-order valence-corrected chi connectivity index (χ4v) is 3.54. The van der Waals surface area contributed by atoms with Crippen molar-refractivity contribution in [2.24, 2.45) is 0 Å². The zero-order chi connectivity index (χ0) is 19.6. The number of amides is 1. The summed E-state index contributed by atoms with van der Waals surface area (Å²) in [4.78, 5) is 20.9. The van der Waals surface area contributed by atoms with Gasteiger partial charge in [0, 0.05) is 40.9 Å². The standard InChI is InChI=1S/C19H22Cl2N4O2/c1-24(2)13-6-7-25(10-13)19(26)12-8-17(18(22)23-9-12)27-11-14-15(20)4-3-5-16(14)21/h3-5,8-9,13H,6-7,10-11H2,1-2H3,(H2,22,23). The smallest absolute Gasteiger partial charge is 0.255 e. The Balaban J connectivity index is 1.74. The van der Waals surface area contributed by atoms with Gasteiger partial charge in [0.1, 0.15) is 6.61 Å². The van der Waals surface area contributed by atoms with Crippen LogP contribution in [0.5, 0.6) is 5.75 Å². The third kappa shape index (κ3) is 4.46. The van der Waals surface area contributed by atoms with Crippen LogP contribution in [0, 0.1) is 0 Å². The summed E-state index contributed by atoms with van der Waals surface area (Å²) in [6, 6.07) is 7.23. The number of benzene rings is 1. The highest BCUT2D eigenvalue weighted by Gasteiger charge is 2.28. The molecule has 1 aliphatic heterocycles.